The maximum absolute atomic E-state index is 12.9. The number of aromatic nitrogens is 1. The lowest BCUT2D eigenvalue weighted by atomic mass is 10.0. The maximum Gasteiger partial charge on any atom is 0.416 e. The van der Waals surface area contributed by atoms with E-state index in [4.69, 9.17) is 13.7 Å². The lowest BCUT2D eigenvalue weighted by Crippen LogP contribution is -2.10. The van der Waals surface area contributed by atoms with Crippen molar-refractivity contribution in [1.29, 1.82) is 0 Å². The molecule has 0 bridgehead atoms. The lowest BCUT2D eigenvalue weighted by molar-refractivity contribution is -0.137. The summed E-state index contributed by atoms with van der Waals surface area (Å²) < 4.78 is 74.9. The molecule has 8 nitrogen and oxygen atoms in total. The largest absolute Gasteiger partial charge is 0.507 e. The Morgan fingerprint density at radius 1 is 0.857 bits per heavy atom. The van der Waals surface area contributed by atoms with Gasteiger partial charge in [-0.15, -0.1) is 0 Å². The van der Waals surface area contributed by atoms with Crippen LogP contribution in [0.25, 0.3) is 33.8 Å². The number of hydrogen-bond donors (Lipinski definition) is 2. The van der Waals surface area contributed by atoms with Crippen LogP contribution in [-0.2, 0) is 16.3 Å². The summed E-state index contributed by atoms with van der Waals surface area (Å²) in [5.74, 6) is -1.48. The molecule has 2 N–H and O–H groups in total. The number of carboxylic acids is 1. The van der Waals surface area contributed by atoms with Crippen LogP contribution in [0.15, 0.2) is 100 Å². The predicted octanol–water partition coefficient (Wildman–Crippen LogP) is 7.17. The number of benzene rings is 4. The van der Waals surface area contributed by atoms with E-state index in [1.807, 2.05) is 12.1 Å². The van der Waals surface area contributed by atoms with E-state index in [1.165, 1.54) is 24.3 Å². The molecule has 42 heavy (non-hydrogen) atoms. The number of alkyl halides is 3. The quantitative estimate of drug-likeness (QED) is 0.190. The monoisotopic (exact) mass is 595 g/mol. The molecule has 1 heterocycles. The first-order valence-corrected chi connectivity index (χ1v) is 13.6. The molecule has 1 aromatic heterocycles. The zero-order valence-electron chi connectivity index (χ0n) is 21.6. The molecule has 0 aliphatic heterocycles. The van der Waals surface area contributed by atoms with E-state index in [1.54, 1.807) is 31.2 Å². The van der Waals surface area contributed by atoms with Crippen LogP contribution in [0.5, 0.6) is 11.5 Å². The van der Waals surface area contributed by atoms with Gasteiger partial charge in [-0.05, 0) is 72.6 Å². The van der Waals surface area contributed by atoms with E-state index < -0.39 is 44.0 Å². The first-order valence-electron chi connectivity index (χ1n) is 12.2. The van der Waals surface area contributed by atoms with Gasteiger partial charge in [-0.3, -0.25) is 0 Å². The molecule has 12 heteroatoms. The van der Waals surface area contributed by atoms with E-state index in [9.17, 15) is 31.5 Å². The van der Waals surface area contributed by atoms with Crippen molar-refractivity contribution < 1.29 is 45.2 Å². The Hall–Kier alpha value is -5.10. The van der Waals surface area contributed by atoms with Crippen molar-refractivity contribution in [3.63, 3.8) is 0 Å². The summed E-state index contributed by atoms with van der Waals surface area (Å²) in [7, 11) is -4.36. The molecular weight excluding hydrogens is 575 g/mol. The zero-order chi connectivity index (χ0) is 30.2. The topological polar surface area (TPSA) is 127 Å². The number of hydrogen-bond acceptors (Lipinski definition) is 7. The molecule has 0 aliphatic rings. The Labute approximate surface area is 237 Å². The zero-order valence-corrected chi connectivity index (χ0v) is 22.4. The first-order chi connectivity index (χ1) is 19.8. The van der Waals surface area contributed by atoms with Gasteiger partial charge < -0.3 is 18.8 Å². The van der Waals surface area contributed by atoms with Gasteiger partial charge in [-0.25, -0.2) is 9.78 Å². The molecule has 0 aliphatic carbocycles. The molecule has 0 saturated carbocycles. The molecule has 0 radical (unpaired) electrons. The summed E-state index contributed by atoms with van der Waals surface area (Å²) >= 11 is 0. The molecule has 0 atom stereocenters. The number of oxazole rings is 1. The Kier molecular flexibility index (Phi) is 7.25. The molecule has 0 amide bonds. The third-order valence-corrected chi connectivity index (χ3v) is 7.52. The highest BCUT2D eigenvalue weighted by Gasteiger charge is 2.30. The van der Waals surface area contributed by atoms with Crippen molar-refractivity contribution in [2.45, 2.75) is 18.0 Å². The van der Waals surface area contributed by atoms with Crippen molar-refractivity contribution in [3.8, 4) is 45.3 Å². The van der Waals surface area contributed by atoms with Gasteiger partial charge in [0.05, 0.1) is 5.56 Å². The second-order valence-corrected chi connectivity index (χ2v) is 10.7. The minimum Gasteiger partial charge on any atom is -0.507 e. The van der Waals surface area contributed by atoms with Crippen molar-refractivity contribution >= 4 is 16.1 Å². The maximum atomic E-state index is 12.9. The van der Waals surface area contributed by atoms with Crippen LogP contribution in [0.3, 0.4) is 0 Å². The van der Waals surface area contributed by atoms with Crippen LogP contribution in [0, 0.1) is 6.92 Å². The number of aryl methyl sites for hydroxylation is 1. The van der Waals surface area contributed by atoms with Crippen LogP contribution in [0.1, 0.15) is 21.7 Å². The highest BCUT2D eigenvalue weighted by atomic mass is 32.2. The number of nitrogens with zero attached hydrogens (tertiary/aromatic N) is 1. The van der Waals surface area contributed by atoms with Crippen LogP contribution in [0.2, 0.25) is 0 Å². The summed E-state index contributed by atoms with van der Waals surface area (Å²) in [6, 6.07) is 20.7. The van der Waals surface area contributed by atoms with Gasteiger partial charge in [0, 0.05) is 17.2 Å². The number of aromatic hydroxyl groups is 1. The number of phenols is 1. The van der Waals surface area contributed by atoms with E-state index in [0.29, 0.717) is 28.1 Å². The van der Waals surface area contributed by atoms with Crippen molar-refractivity contribution in [3.05, 3.63) is 108 Å². The second-order valence-electron chi connectivity index (χ2n) is 9.13. The van der Waals surface area contributed by atoms with E-state index in [0.717, 1.165) is 35.9 Å². The van der Waals surface area contributed by atoms with Gasteiger partial charge in [0.15, 0.2) is 0 Å². The normalized spacial score (nSPS) is 11.8. The van der Waals surface area contributed by atoms with E-state index in [2.05, 4.69) is 4.98 Å². The lowest BCUT2D eigenvalue weighted by Gasteiger charge is -2.09. The van der Waals surface area contributed by atoms with Crippen LogP contribution in [0.4, 0.5) is 13.2 Å². The van der Waals surface area contributed by atoms with E-state index in [-0.39, 0.29) is 11.6 Å². The second kappa shape index (κ2) is 10.7. The van der Waals surface area contributed by atoms with Crippen LogP contribution in [-0.4, -0.2) is 29.6 Å². The van der Waals surface area contributed by atoms with Crippen molar-refractivity contribution in [1.82, 2.24) is 4.98 Å². The third kappa shape index (κ3) is 5.84. The molecule has 0 spiro atoms. The summed E-state index contributed by atoms with van der Waals surface area (Å²) in [5, 5.41) is 18.8. The summed E-state index contributed by atoms with van der Waals surface area (Å²) in [4.78, 5) is 15.1. The van der Waals surface area contributed by atoms with Gasteiger partial charge >= 0.3 is 22.3 Å². The molecular formula is C30H20F3NO7S. The smallest absolute Gasteiger partial charge is 0.416 e. The van der Waals surface area contributed by atoms with Gasteiger partial charge in [0.25, 0.3) is 0 Å². The number of halogens is 3. The van der Waals surface area contributed by atoms with Crippen LogP contribution >= 0.6 is 0 Å². The molecule has 5 aromatic rings. The third-order valence-electron chi connectivity index (χ3n) is 6.27. The number of carboxylic acid groups (broad SMARTS) is 1. The highest BCUT2D eigenvalue weighted by Crippen LogP contribution is 2.34. The Morgan fingerprint density at radius 3 is 2.12 bits per heavy atom. The van der Waals surface area contributed by atoms with Crippen molar-refractivity contribution in [2.75, 3.05) is 0 Å². The SMILES string of the molecule is Cc1oc(-c2ccc(C(F)(F)F)cc2)nc1-c1cccc(-c2ccc(OS(=O)(=O)c3ccc(C(=O)O)c(O)c3)cc2)c1. The predicted molar refractivity (Wildman–Crippen MR) is 145 cm³/mol. The summed E-state index contributed by atoms with van der Waals surface area (Å²) in [6.07, 6.45) is -4.45. The Morgan fingerprint density at radius 2 is 1.50 bits per heavy atom. The van der Waals surface area contributed by atoms with Crippen molar-refractivity contribution in [2.24, 2.45) is 0 Å². The highest BCUT2D eigenvalue weighted by molar-refractivity contribution is 7.87. The van der Waals surface area contributed by atoms with Gasteiger partial charge in [-0.2, -0.15) is 21.6 Å². The Bertz CT molecular complexity index is 1900. The minimum absolute atomic E-state index is 0.00904. The molecule has 0 unspecified atom stereocenters. The fourth-order valence-corrected chi connectivity index (χ4v) is 5.11. The molecule has 5 rings (SSSR count). The standard InChI is InChI=1S/C30H20F3NO7S/c1-17-27(34-28(40-17)19-5-9-22(10-6-19)30(31,32)33)21-4-2-3-20(15-21)18-7-11-23(12-8-18)41-42(38,39)24-13-14-25(29(36)37)26(35)16-24/h2-16,35H,1H3,(H,36,37). The van der Waals surface area contributed by atoms with Crippen LogP contribution < -0.4 is 4.18 Å². The average Bonchev–Trinajstić information content (AvgIpc) is 3.34. The minimum atomic E-state index is -4.45. The average molecular weight is 596 g/mol. The fourth-order valence-electron chi connectivity index (χ4n) is 4.16. The van der Waals surface area contributed by atoms with Gasteiger partial charge in [0.2, 0.25) is 5.89 Å². The van der Waals surface area contributed by atoms with E-state index >= 15 is 0 Å². The number of aromatic carboxylic acids is 1. The molecule has 214 valence electrons. The number of rotatable bonds is 7. The molecule has 0 fully saturated rings. The number of carbonyl (C=O) groups is 1. The van der Waals surface area contributed by atoms with Gasteiger partial charge in [-0.1, -0.05) is 30.3 Å². The Balaban J connectivity index is 1.36. The summed E-state index contributed by atoms with van der Waals surface area (Å²) in [5.41, 5.74) is 1.85. The fraction of sp³-hybridized carbons (Fsp3) is 0.0667. The molecule has 0 saturated heterocycles. The molecule has 4 aromatic carbocycles. The first kappa shape index (κ1) is 28.4. The summed E-state index contributed by atoms with van der Waals surface area (Å²) in [6.45, 7) is 1.70. The van der Waals surface area contributed by atoms with Gasteiger partial charge in [0.1, 0.15) is 33.4 Å².